The summed E-state index contributed by atoms with van der Waals surface area (Å²) in [5, 5.41) is 2.83. The summed E-state index contributed by atoms with van der Waals surface area (Å²) in [6.07, 6.45) is 1.47. The molecule has 0 saturated heterocycles. The van der Waals surface area contributed by atoms with Crippen molar-refractivity contribution in [3.05, 3.63) is 77.2 Å². The normalized spacial score (nSPS) is 13.1. The largest absolute Gasteiger partial charge is 0.486 e. The van der Waals surface area contributed by atoms with E-state index in [-0.39, 0.29) is 23.9 Å². The number of hydrogen-bond donors (Lipinski definition) is 2. The molecule has 0 saturated carbocycles. The number of ether oxygens (including phenoxy) is 2. The number of nitrogens with one attached hydrogen (secondary N) is 2. The van der Waals surface area contributed by atoms with Crippen LogP contribution in [-0.2, 0) is 23.1 Å². The molecule has 0 unspecified atom stereocenters. The quantitative estimate of drug-likeness (QED) is 0.583. The van der Waals surface area contributed by atoms with E-state index in [4.69, 9.17) is 13.9 Å². The summed E-state index contributed by atoms with van der Waals surface area (Å²) >= 11 is 0. The molecular formula is C22H22N2O6S. The number of hydrogen-bond acceptors (Lipinski definition) is 6. The standard InChI is InChI=1S/C22H22N2O6S/c1-15-4-6-18(31(26,27)24-14-17-3-2-8-28-17)12-19(15)22(25)23-13-16-5-7-20-21(11-16)30-10-9-29-20/h2-8,11-12,24H,9-10,13-14H2,1H3,(H,23,25). The highest BCUT2D eigenvalue weighted by Crippen LogP contribution is 2.30. The molecule has 9 heteroatoms. The second-order valence-electron chi connectivity index (χ2n) is 7.04. The number of sulfonamides is 1. The van der Waals surface area contributed by atoms with Gasteiger partial charge in [-0.2, -0.15) is 0 Å². The molecule has 2 heterocycles. The molecule has 0 fully saturated rings. The Hall–Kier alpha value is -3.30. The molecule has 4 rings (SSSR count). The predicted molar refractivity (Wildman–Crippen MR) is 113 cm³/mol. The van der Waals surface area contributed by atoms with Gasteiger partial charge in [-0.25, -0.2) is 13.1 Å². The van der Waals surface area contributed by atoms with Crippen LogP contribution in [0.25, 0.3) is 0 Å². The fourth-order valence-electron chi connectivity index (χ4n) is 3.15. The Morgan fingerprint density at radius 1 is 1.00 bits per heavy atom. The number of amides is 1. The molecule has 3 aromatic rings. The van der Waals surface area contributed by atoms with Crippen molar-refractivity contribution in [2.75, 3.05) is 13.2 Å². The molecule has 0 spiro atoms. The molecule has 1 aliphatic rings. The van der Waals surface area contributed by atoms with Crippen LogP contribution in [0.15, 0.2) is 64.1 Å². The monoisotopic (exact) mass is 442 g/mol. The lowest BCUT2D eigenvalue weighted by molar-refractivity contribution is 0.0950. The van der Waals surface area contributed by atoms with E-state index in [1.54, 1.807) is 31.2 Å². The SMILES string of the molecule is Cc1ccc(S(=O)(=O)NCc2ccco2)cc1C(=O)NCc1ccc2c(c1)OCCO2. The highest BCUT2D eigenvalue weighted by molar-refractivity contribution is 7.89. The third kappa shape index (κ3) is 4.89. The van der Waals surface area contributed by atoms with Crippen molar-refractivity contribution in [2.45, 2.75) is 24.9 Å². The van der Waals surface area contributed by atoms with Gasteiger partial charge in [0.05, 0.1) is 17.7 Å². The minimum absolute atomic E-state index is 0.00846. The molecule has 31 heavy (non-hydrogen) atoms. The van der Waals surface area contributed by atoms with Crippen LogP contribution >= 0.6 is 0 Å². The van der Waals surface area contributed by atoms with E-state index in [0.717, 1.165) is 5.56 Å². The van der Waals surface area contributed by atoms with Crippen LogP contribution in [0.1, 0.15) is 27.2 Å². The number of rotatable bonds is 7. The van der Waals surface area contributed by atoms with E-state index >= 15 is 0 Å². The average Bonchev–Trinajstić information content (AvgIpc) is 3.30. The lowest BCUT2D eigenvalue weighted by Gasteiger charge is -2.19. The van der Waals surface area contributed by atoms with Crippen molar-refractivity contribution in [3.63, 3.8) is 0 Å². The van der Waals surface area contributed by atoms with E-state index in [0.29, 0.717) is 41.6 Å². The Morgan fingerprint density at radius 2 is 1.81 bits per heavy atom. The zero-order valence-electron chi connectivity index (χ0n) is 16.9. The maximum absolute atomic E-state index is 12.8. The summed E-state index contributed by atoms with van der Waals surface area (Å²) < 4.78 is 43.9. The molecule has 2 N–H and O–H groups in total. The van der Waals surface area contributed by atoms with E-state index < -0.39 is 10.0 Å². The van der Waals surface area contributed by atoms with Crippen LogP contribution < -0.4 is 19.5 Å². The lowest BCUT2D eigenvalue weighted by Crippen LogP contribution is -2.26. The van der Waals surface area contributed by atoms with Gasteiger partial charge in [0, 0.05) is 12.1 Å². The van der Waals surface area contributed by atoms with Gasteiger partial charge in [-0.3, -0.25) is 4.79 Å². The summed E-state index contributed by atoms with van der Waals surface area (Å²) in [6, 6.07) is 13.3. The number of fused-ring (bicyclic) bond motifs is 1. The first-order valence-electron chi connectivity index (χ1n) is 9.72. The van der Waals surface area contributed by atoms with Crippen molar-refractivity contribution in [2.24, 2.45) is 0 Å². The van der Waals surface area contributed by atoms with Gasteiger partial charge in [-0.1, -0.05) is 12.1 Å². The maximum Gasteiger partial charge on any atom is 0.251 e. The molecule has 0 bridgehead atoms. The third-order valence-electron chi connectivity index (χ3n) is 4.84. The first-order valence-corrected chi connectivity index (χ1v) is 11.2. The van der Waals surface area contributed by atoms with Crippen molar-refractivity contribution in [1.29, 1.82) is 0 Å². The van der Waals surface area contributed by atoms with Gasteiger partial charge in [0.2, 0.25) is 10.0 Å². The van der Waals surface area contributed by atoms with Crippen LogP contribution in [0.5, 0.6) is 11.5 Å². The zero-order valence-corrected chi connectivity index (χ0v) is 17.7. The van der Waals surface area contributed by atoms with Gasteiger partial charge >= 0.3 is 0 Å². The van der Waals surface area contributed by atoms with Gasteiger partial charge < -0.3 is 19.2 Å². The smallest absolute Gasteiger partial charge is 0.251 e. The van der Waals surface area contributed by atoms with E-state index in [1.807, 2.05) is 12.1 Å². The molecular weight excluding hydrogens is 420 g/mol. The van der Waals surface area contributed by atoms with Crippen LogP contribution in [0.4, 0.5) is 0 Å². The molecule has 8 nitrogen and oxygen atoms in total. The second-order valence-corrected chi connectivity index (χ2v) is 8.81. The Balaban J connectivity index is 1.45. The van der Waals surface area contributed by atoms with Crippen molar-refractivity contribution in [3.8, 4) is 11.5 Å². The van der Waals surface area contributed by atoms with Crippen LogP contribution in [0.3, 0.4) is 0 Å². The fraction of sp³-hybridized carbons (Fsp3) is 0.227. The highest BCUT2D eigenvalue weighted by Gasteiger charge is 2.19. The summed E-state index contributed by atoms with van der Waals surface area (Å²) in [7, 11) is -3.81. The van der Waals surface area contributed by atoms with Crippen LogP contribution in [-0.4, -0.2) is 27.5 Å². The van der Waals surface area contributed by atoms with Gasteiger partial charge in [-0.05, 0) is 54.4 Å². The van der Waals surface area contributed by atoms with Crippen molar-refractivity contribution in [1.82, 2.24) is 10.0 Å². The molecule has 0 radical (unpaired) electrons. The average molecular weight is 442 g/mol. The number of carbonyl (C=O) groups is 1. The Kier molecular flexibility index (Phi) is 5.97. The second kappa shape index (κ2) is 8.83. The summed E-state index contributed by atoms with van der Waals surface area (Å²) in [5.74, 6) is 1.45. The van der Waals surface area contributed by atoms with E-state index in [9.17, 15) is 13.2 Å². The number of carbonyl (C=O) groups excluding carboxylic acids is 1. The first-order chi connectivity index (χ1) is 14.9. The first kappa shape index (κ1) is 21.0. The topological polar surface area (TPSA) is 107 Å². The minimum Gasteiger partial charge on any atom is -0.486 e. The minimum atomic E-state index is -3.81. The van der Waals surface area contributed by atoms with E-state index in [1.165, 1.54) is 18.4 Å². The zero-order chi connectivity index (χ0) is 21.8. The van der Waals surface area contributed by atoms with Crippen LogP contribution in [0.2, 0.25) is 0 Å². The molecule has 0 atom stereocenters. The summed E-state index contributed by atoms with van der Waals surface area (Å²) in [4.78, 5) is 12.8. The molecule has 2 aromatic carbocycles. The Morgan fingerprint density at radius 3 is 2.58 bits per heavy atom. The fourth-order valence-corrected chi connectivity index (χ4v) is 4.17. The third-order valence-corrected chi connectivity index (χ3v) is 6.24. The molecule has 1 aliphatic heterocycles. The summed E-state index contributed by atoms with van der Waals surface area (Å²) in [6.45, 7) is 3.04. The molecule has 1 amide bonds. The van der Waals surface area contributed by atoms with Crippen molar-refractivity contribution >= 4 is 15.9 Å². The predicted octanol–water partition coefficient (Wildman–Crippen LogP) is 2.77. The van der Waals surface area contributed by atoms with Gasteiger partial charge in [0.1, 0.15) is 19.0 Å². The van der Waals surface area contributed by atoms with Gasteiger partial charge in [0.25, 0.3) is 5.91 Å². The maximum atomic E-state index is 12.8. The van der Waals surface area contributed by atoms with Gasteiger partial charge in [-0.15, -0.1) is 0 Å². The van der Waals surface area contributed by atoms with Crippen LogP contribution in [0, 0.1) is 6.92 Å². The number of furan rings is 1. The highest BCUT2D eigenvalue weighted by atomic mass is 32.2. The Labute approximate surface area is 180 Å². The number of benzene rings is 2. The molecule has 162 valence electrons. The van der Waals surface area contributed by atoms with Crippen molar-refractivity contribution < 1.29 is 27.1 Å². The van der Waals surface area contributed by atoms with E-state index in [2.05, 4.69) is 10.0 Å². The van der Waals surface area contributed by atoms with Gasteiger partial charge in [0.15, 0.2) is 11.5 Å². The molecule has 0 aliphatic carbocycles. The lowest BCUT2D eigenvalue weighted by atomic mass is 10.1. The Bertz CT molecular complexity index is 1190. The summed E-state index contributed by atoms with van der Waals surface area (Å²) in [5.41, 5.74) is 1.81. The molecule has 1 aromatic heterocycles. The number of aryl methyl sites for hydroxylation is 1.